The third kappa shape index (κ3) is 3.88. The van der Waals surface area contributed by atoms with Crippen LogP contribution >= 0.6 is 11.8 Å². The van der Waals surface area contributed by atoms with Crippen molar-refractivity contribution in [1.29, 1.82) is 0 Å². The Morgan fingerprint density at radius 2 is 1.90 bits per heavy atom. The molecule has 0 unspecified atom stereocenters. The molecule has 0 aliphatic rings. The fourth-order valence-electron chi connectivity index (χ4n) is 2.01. The van der Waals surface area contributed by atoms with Gasteiger partial charge in [-0.15, -0.1) is 0 Å². The lowest BCUT2D eigenvalue weighted by molar-refractivity contribution is -0.109. The van der Waals surface area contributed by atoms with Gasteiger partial charge < -0.3 is 4.74 Å². The summed E-state index contributed by atoms with van der Waals surface area (Å²) in [5, 5.41) is 1.03. The predicted molar refractivity (Wildman–Crippen MR) is 85.5 cm³/mol. The molecule has 0 aliphatic carbocycles. The van der Waals surface area contributed by atoms with Gasteiger partial charge in [0.25, 0.3) is 0 Å². The zero-order chi connectivity index (χ0) is 15.6. The third-order valence-electron chi connectivity index (χ3n) is 2.82. The van der Waals surface area contributed by atoms with Crippen molar-refractivity contribution in [3.8, 4) is 0 Å². The Labute approximate surface area is 128 Å². The zero-order valence-electron chi connectivity index (χ0n) is 12.7. The summed E-state index contributed by atoms with van der Waals surface area (Å²) in [6.07, 6.45) is 1.35. The second-order valence-corrected chi connectivity index (χ2v) is 6.95. The predicted octanol–water partition coefficient (Wildman–Crippen LogP) is 4.20. The van der Waals surface area contributed by atoms with E-state index in [2.05, 4.69) is 0 Å². The van der Waals surface area contributed by atoms with Crippen LogP contribution in [0.25, 0.3) is 10.9 Å². The molecule has 0 fully saturated rings. The number of hydrogen-bond acceptors (Lipinski definition) is 4. The maximum absolute atomic E-state index is 12.3. The smallest absolute Gasteiger partial charge is 0.419 e. The summed E-state index contributed by atoms with van der Waals surface area (Å²) in [5.41, 5.74) is 1.21. The van der Waals surface area contributed by atoms with Crippen LogP contribution in [0, 0.1) is 0 Å². The van der Waals surface area contributed by atoms with Crippen LogP contribution in [-0.2, 0) is 15.3 Å². The maximum atomic E-state index is 12.3. The van der Waals surface area contributed by atoms with E-state index in [0.29, 0.717) is 5.75 Å². The molecular formula is C16H19NO3S. The minimum Gasteiger partial charge on any atom is -0.443 e. The van der Waals surface area contributed by atoms with Crippen LogP contribution in [0.1, 0.15) is 33.3 Å². The van der Waals surface area contributed by atoms with Crippen molar-refractivity contribution in [3.63, 3.8) is 0 Å². The molecule has 0 saturated heterocycles. The molecule has 0 atom stereocenters. The number of carbonyl (C=O) groups is 2. The average molecular weight is 305 g/mol. The molecule has 0 aliphatic heterocycles. The number of hydrogen-bond donors (Lipinski definition) is 0. The van der Waals surface area contributed by atoms with Crippen molar-refractivity contribution in [3.05, 3.63) is 36.0 Å². The van der Waals surface area contributed by atoms with Crippen molar-refractivity contribution < 1.29 is 14.3 Å². The Morgan fingerprint density at radius 3 is 2.52 bits per heavy atom. The molecular weight excluding hydrogens is 286 g/mol. The first kappa shape index (κ1) is 15.6. The molecule has 0 saturated carbocycles. The lowest BCUT2D eigenvalue weighted by Gasteiger charge is -2.19. The van der Waals surface area contributed by atoms with E-state index in [1.165, 1.54) is 23.3 Å². The largest absolute Gasteiger partial charge is 0.443 e. The monoisotopic (exact) mass is 305 g/mol. The van der Waals surface area contributed by atoms with Gasteiger partial charge in [0.05, 0.1) is 5.52 Å². The van der Waals surface area contributed by atoms with Gasteiger partial charge in [0.1, 0.15) is 5.60 Å². The molecule has 0 N–H and O–H groups in total. The highest BCUT2D eigenvalue weighted by Gasteiger charge is 2.20. The molecule has 1 aromatic carbocycles. The van der Waals surface area contributed by atoms with Gasteiger partial charge in [0.2, 0.25) is 0 Å². The standard InChI is InChI=1S/C16H19NO3S/c1-11(18)21-10-12-9-17(15(19)20-16(2,3)4)14-8-6-5-7-13(12)14/h5-9H,10H2,1-4H3. The summed E-state index contributed by atoms with van der Waals surface area (Å²) in [7, 11) is 0. The maximum Gasteiger partial charge on any atom is 0.419 e. The second kappa shape index (κ2) is 5.93. The molecule has 21 heavy (non-hydrogen) atoms. The van der Waals surface area contributed by atoms with E-state index in [1.54, 1.807) is 6.20 Å². The van der Waals surface area contributed by atoms with Crippen LogP contribution < -0.4 is 0 Å². The van der Waals surface area contributed by atoms with Gasteiger partial charge in [0, 0.05) is 24.3 Å². The molecule has 0 radical (unpaired) electrons. The first-order valence-electron chi connectivity index (χ1n) is 6.73. The fourth-order valence-corrected chi connectivity index (χ4v) is 2.60. The van der Waals surface area contributed by atoms with Gasteiger partial charge in [-0.05, 0) is 32.4 Å². The highest BCUT2D eigenvalue weighted by Crippen LogP contribution is 2.26. The Morgan fingerprint density at radius 1 is 1.24 bits per heavy atom. The van der Waals surface area contributed by atoms with Crippen LogP contribution in [-0.4, -0.2) is 21.4 Å². The number of ether oxygens (including phenoxy) is 1. The van der Waals surface area contributed by atoms with Gasteiger partial charge >= 0.3 is 6.09 Å². The van der Waals surface area contributed by atoms with E-state index in [-0.39, 0.29) is 5.12 Å². The normalized spacial score (nSPS) is 11.6. The van der Waals surface area contributed by atoms with Crippen LogP contribution in [0.5, 0.6) is 0 Å². The summed E-state index contributed by atoms with van der Waals surface area (Å²) >= 11 is 1.23. The Hall–Kier alpha value is -1.75. The molecule has 112 valence electrons. The van der Waals surface area contributed by atoms with Gasteiger partial charge in [-0.2, -0.15) is 0 Å². The molecule has 1 aromatic heterocycles. The van der Waals surface area contributed by atoms with Crippen LogP contribution in [0.4, 0.5) is 4.79 Å². The first-order chi connectivity index (χ1) is 9.78. The summed E-state index contributed by atoms with van der Waals surface area (Å²) in [6.45, 7) is 7.05. The molecule has 0 bridgehead atoms. The van der Waals surface area contributed by atoms with Crippen LogP contribution in [0.3, 0.4) is 0 Å². The molecule has 0 amide bonds. The van der Waals surface area contributed by atoms with E-state index in [0.717, 1.165) is 16.5 Å². The quantitative estimate of drug-likeness (QED) is 0.834. The molecule has 4 nitrogen and oxygen atoms in total. The lowest BCUT2D eigenvalue weighted by Crippen LogP contribution is -2.26. The second-order valence-electron chi connectivity index (χ2n) is 5.80. The minimum atomic E-state index is -0.545. The van der Waals surface area contributed by atoms with E-state index in [1.807, 2.05) is 45.0 Å². The van der Waals surface area contributed by atoms with Crippen molar-refractivity contribution in [2.75, 3.05) is 0 Å². The Balaban J connectivity index is 2.40. The number of carbonyl (C=O) groups excluding carboxylic acids is 2. The Bertz CT molecular complexity index is 682. The van der Waals surface area contributed by atoms with E-state index in [9.17, 15) is 9.59 Å². The van der Waals surface area contributed by atoms with Crippen molar-refractivity contribution in [1.82, 2.24) is 4.57 Å². The third-order valence-corrected chi connectivity index (χ3v) is 3.68. The van der Waals surface area contributed by atoms with E-state index < -0.39 is 11.7 Å². The lowest BCUT2D eigenvalue weighted by atomic mass is 10.2. The van der Waals surface area contributed by atoms with E-state index >= 15 is 0 Å². The van der Waals surface area contributed by atoms with Gasteiger partial charge in [-0.3, -0.25) is 9.36 Å². The van der Waals surface area contributed by atoms with Crippen LogP contribution in [0.15, 0.2) is 30.5 Å². The highest BCUT2D eigenvalue weighted by molar-refractivity contribution is 8.12. The molecule has 2 aromatic rings. The minimum absolute atomic E-state index is 0.0594. The number of thioether (sulfide) groups is 1. The topological polar surface area (TPSA) is 48.3 Å². The van der Waals surface area contributed by atoms with Crippen molar-refractivity contribution in [2.24, 2.45) is 0 Å². The van der Waals surface area contributed by atoms with E-state index in [4.69, 9.17) is 4.74 Å². The van der Waals surface area contributed by atoms with Gasteiger partial charge in [-0.25, -0.2) is 4.79 Å². The van der Waals surface area contributed by atoms with Gasteiger partial charge in [-0.1, -0.05) is 30.0 Å². The molecule has 5 heteroatoms. The summed E-state index contributed by atoms with van der Waals surface area (Å²) in [4.78, 5) is 23.4. The fraction of sp³-hybridized carbons (Fsp3) is 0.375. The molecule has 1 heterocycles. The van der Waals surface area contributed by atoms with Crippen molar-refractivity contribution in [2.45, 2.75) is 39.0 Å². The van der Waals surface area contributed by atoms with Crippen LogP contribution in [0.2, 0.25) is 0 Å². The first-order valence-corrected chi connectivity index (χ1v) is 7.72. The number of nitrogens with zero attached hydrogens (tertiary/aromatic N) is 1. The highest BCUT2D eigenvalue weighted by atomic mass is 32.2. The number of rotatable bonds is 2. The number of fused-ring (bicyclic) bond motifs is 1. The SMILES string of the molecule is CC(=O)SCc1cn(C(=O)OC(C)(C)C)c2ccccc12. The molecule has 0 spiro atoms. The van der Waals surface area contributed by atoms with Crippen molar-refractivity contribution >= 4 is 33.9 Å². The van der Waals surface area contributed by atoms with Gasteiger partial charge in [0.15, 0.2) is 5.12 Å². The number of aromatic nitrogens is 1. The Kier molecular flexibility index (Phi) is 4.42. The number of para-hydroxylation sites is 1. The zero-order valence-corrected chi connectivity index (χ0v) is 13.5. The summed E-state index contributed by atoms with van der Waals surface area (Å²) < 4.78 is 6.93. The average Bonchev–Trinajstić information content (AvgIpc) is 2.73. The number of benzene rings is 1. The summed E-state index contributed by atoms with van der Waals surface area (Å²) in [6, 6.07) is 7.63. The summed E-state index contributed by atoms with van der Waals surface area (Å²) in [5.74, 6) is 0.547. The molecule has 2 rings (SSSR count).